The van der Waals surface area contributed by atoms with E-state index in [1.54, 1.807) is 0 Å². The number of hydrogen-bond donors (Lipinski definition) is 0. The molecule has 0 N–H and O–H groups in total. The molecule has 0 aromatic carbocycles. The molecule has 0 radical (unpaired) electrons. The molecule has 0 rings (SSSR count). The largest absolute Gasteiger partial charge is 0.550 e. The number of hydrogen-bond acceptors (Lipinski definition) is 4. The number of carbonyl (C=O) groups is 2. The van der Waals surface area contributed by atoms with Gasteiger partial charge in [-0.05, 0) is 25.7 Å². The fraction of sp³-hybridized carbons (Fsp3) is 0.778. The maximum atomic E-state index is 10.8. The van der Waals surface area contributed by atoms with E-state index in [0.717, 1.165) is 30.4 Å². The van der Waals surface area contributed by atoms with Crippen molar-refractivity contribution in [2.24, 2.45) is 0 Å². The Hall–Kier alpha value is -1.36. The molecule has 0 saturated carbocycles. The lowest BCUT2D eigenvalue weighted by Gasteiger charge is -2.30. The second kappa shape index (κ2) is 13.1. The summed E-state index contributed by atoms with van der Waals surface area (Å²) in [6.45, 7) is 5.82. The molecule has 0 fully saturated rings. The summed E-state index contributed by atoms with van der Waals surface area (Å²) in [6.07, 6.45) is 10.1. The Kier molecular flexibility index (Phi) is 12.3. The van der Waals surface area contributed by atoms with Crippen molar-refractivity contribution < 1.29 is 23.9 Å². The van der Waals surface area contributed by atoms with Crippen LogP contribution in [0.5, 0.6) is 0 Å². The fourth-order valence-corrected chi connectivity index (χ4v) is 2.52. The first-order valence-electron chi connectivity index (χ1n) is 8.68. The topological polar surface area (TPSA) is 66.4 Å². The third-order valence-electron chi connectivity index (χ3n) is 3.96. The van der Waals surface area contributed by atoms with Crippen LogP contribution in [0.1, 0.15) is 57.8 Å². The average molecular weight is 327 g/mol. The molecule has 0 aliphatic heterocycles. The van der Waals surface area contributed by atoms with Crippen molar-refractivity contribution in [1.82, 2.24) is 0 Å². The van der Waals surface area contributed by atoms with Crippen LogP contribution in [-0.4, -0.2) is 50.2 Å². The van der Waals surface area contributed by atoms with Crippen LogP contribution in [0.15, 0.2) is 12.7 Å². The minimum atomic E-state index is -0.954. The van der Waals surface area contributed by atoms with Crippen LogP contribution in [0.25, 0.3) is 0 Å². The molecule has 0 bridgehead atoms. The zero-order chi connectivity index (χ0) is 17.6. The van der Waals surface area contributed by atoms with Crippen molar-refractivity contribution in [1.29, 1.82) is 0 Å². The van der Waals surface area contributed by atoms with Gasteiger partial charge in [-0.2, -0.15) is 0 Å². The third kappa shape index (κ3) is 15.3. The van der Waals surface area contributed by atoms with E-state index < -0.39 is 5.97 Å². The highest BCUT2D eigenvalue weighted by molar-refractivity contribution is 5.81. The second-order valence-electron chi connectivity index (χ2n) is 6.71. The van der Waals surface area contributed by atoms with Gasteiger partial charge in [-0.25, -0.2) is 4.79 Å². The summed E-state index contributed by atoms with van der Waals surface area (Å²) < 4.78 is 5.80. The summed E-state index contributed by atoms with van der Waals surface area (Å²) in [5.74, 6) is -1.30. The zero-order valence-corrected chi connectivity index (χ0v) is 14.8. The lowest BCUT2D eigenvalue weighted by molar-refractivity contribution is -0.890. The van der Waals surface area contributed by atoms with Crippen molar-refractivity contribution >= 4 is 11.9 Å². The van der Waals surface area contributed by atoms with E-state index in [4.69, 9.17) is 4.74 Å². The van der Waals surface area contributed by atoms with Gasteiger partial charge < -0.3 is 19.1 Å². The number of quaternary nitrogens is 1. The van der Waals surface area contributed by atoms with Crippen LogP contribution >= 0.6 is 0 Å². The monoisotopic (exact) mass is 327 g/mol. The number of aliphatic carboxylic acids is 1. The molecule has 0 aromatic heterocycles. The van der Waals surface area contributed by atoms with Crippen molar-refractivity contribution in [3.05, 3.63) is 12.7 Å². The molecule has 0 atom stereocenters. The van der Waals surface area contributed by atoms with Crippen LogP contribution < -0.4 is 5.11 Å². The Labute approximate surface area is 140 Å². The van der Waals surface area contributed by atoms with Crippen molar-refractivity contribution in [2.45, 2.75) is 57.8 Å². The summed E-state index contributed by atoms with van der Waals surface area (Å²) in [5.41, 5.74) is 0. The maximum Gasteiger partial charge on any atom is 0.330 e. The Bertz CT molecular complexity index is 353. The predicted molar refractivity (Wildman–Crippen MR) is 89.6 cm³/mol. The van der Waals surface area contributed by atoms with E-state index in [-0.39, 0.29) is 12.4 Å². The van der Waals surface area contributed by atoms with E-state index in [9.17, 15) is 14.7 Å². The summed E-state index contributed by atoms with van der Waals surface area (Å²) in [4.78, 5) is 21.2. The molecule has 5 nitrogen and oxygen atoms in total. The molecule has 0 amide bonds. The van der Waals surface area contributed by atoms with Crippen LogP contribution in [0.2, 0.25) is 0 Å². The number of esters is 1. The smallest absolute Gasteiger partial charge is 0.330 e. The molecular formula is C18H33NO4. The summed E-state index contributed by atoms with van der Waals surface area (Å²) >= 11 is 0. The van der Waals surface area contributed by atoms with E-state index in [1.165, 1.54) is 38.2 Å². The van der Waals surface area contributed by atoms with Gasteiger partial charge in [-0.3, -0.25) is 0 Å². The number of carbonyl (C=O) groups excluding carboxylic acids is 2. The van der Waals surface area contributed by atoms with Crippen LogP contribution in [-0.2, 0) is 14.3 Å². The van der Waals surface area contributed by atoms with Crippen molar-refractivity contribution in [3.8, 4) is 0 Å². The summed E-state index contributed by atoms with van der Waals surface area (Å²) in [5, 5.41) is 10.4. The molecule has 23 heavy (non-hydrogen) atoms. The van der Waals surface area contributed by atoms with Gasteiger partial charge in [0.15, 0.2) is 0 Å². The Morgan fingerprint density at radius 1 is 0.957 bits per heavy atom. The van der Waals surface area contributed by atoms with Crippen LogP contribution in [0.4, 0.5) is 0 Å². The Morgan fingerprint density at radius 3 is 2.04 bits per heavy atom. The number of carboxylic acids is 1. The molecule has 0 aliphatic carbocycles. The first-order chi connectivity index (χ1) is 10.9. The van der Waals surface area contributed by atoms with Crippen molar-refractivity contribution in [3.63, 3.8) is 0 Å². The normalized spacial score (nSPS) is 11.2. The van der Waals surface area contributed by atoms with Gasteiger partial charge in [0.25, 0.3) is 0 Å². The van der Waals surface area contributed by atoms with Gasteiger partial charge in [-0.1, -0.05) is 32.3 Å². The SMILES string of the molecule is C=CC(=O)OCCCCCCCCC[N+](C)(C)CCCC(=O)[O-]. The Balaban J connectivity index is 3.39. The minimum absolute atomic E-state index is 0.157. The molecule has 0 spiro atoms. The number of ether oxygens (including phenoxy) is 1. The standard InChI is InChI=1S/C18H33NO4/c1-4-18(22)23-16-11-9-7-5-6-8-10-14-19(2,3)15-12-13-17(20)21/h4H,1,5-16H2,2-3H3. The molecule has 0 aliphatic rings. The molecule has 5 heteroatoms. The van der Waals surface area contributed by atoms with Crippen LogP contribution in [0.3, 0.4) is 0 Å². The van der Waals surface area contributed by atoms with Gasteiger partial charge in [0.2, 0.25) is 0 Å². The van der Waals surface area contributed by atoms with Gasteiger partial charge >= 0.3 is 5.97 Å². The molecule has 0 saturated heterocycles. The summed E-state index contributed by atoms with van der Waals surface area (Å²) in [6, 6.07) is 0. The van der Waals surface area contributed by atoms with E-state index in [1.807, 2.05) is 0 Å². The summed E-state index contributed by atoms with van der Waals surface area (Å²) in [7, 11) is 4.31. The van der Waals surface area contributed by atoms with Gasteiger partial charge in [0.05, 0.1) is 33.8 Å². The number of unbranched alkanes of at least 4 members (excludes halogenated alkanes) is 6. The second-order valence-corrected chi connectivity index (χ2v) is 6.71. The predicted octanol–water partition coefficient (Wildman–Crippen LogP) is 2.05. The molecule has 0 aromatic rings. The van der Waals surface area contributed by atoms with Gasteiger partial charge in [0, 0.05) is 18.5 Å². The first-order valence-corrected chi connectivity index (χ1v) is 8.68. The van der Waals surface area contributed by atoms with Gasteiger partial charge in [-0.15, -0.1) is 0 Å². The van der Waals surface area contributed by atoms with Crippen molar-refractivity contribution in [2.75, 3.05) is 33.8 Å². The number of nitrogens with zero attached hydrogens (tertiary/aromatic N) is 1. The quantitative estimate of drug-likeness (QED) is 0.200. The fourth-order valence-electron chi connectivity index (χ4n) is 2.52. The first kappa shape index (κ1) is 21.6. The van der Waals surface area contributed by atoms with Crippen LogP contribution in [0, 0.1) is 0 Å². The molecule has 134 valence electrons. The highest BCUT2D eigenvalue weighted by Crippen LogP contribution is 2.10. The Morgan fingerprint density at radius 2 is 1.48 bits per heavy atom. The van der Waals surface area contributed by atoms with Gasteiger partial charge in [0.1, 0.15) is 0 Å². The lowest BCUT2D eigenvalue weighted by Crippen LogP contribution is -2.41. The van der Waals surface area contributed by atoms with E-state index in [2.05, 4.69) is 20.7 Å². The van der Waals surface area contributed by atoms with E-state index in [0.29, 0.717) is 13.0 Å². The lowest BCUT2D eigenvalue weighted by atomic mass is 10.1. The highest BCUT2D eigenvalue weighted by Gasteiger charge is 2.13. The maximum absolute atomic E-state index is 10.8. The third-order valence-corrected chi connectivity index (χ3v) is 3.96. The zero-order valence-electron chi connectivity index (χ0n) is 14.8. The molecule has 0 heterocycles. The highest BCUT2D eigenvalue weighted by atomic mass is 16.5. The molecule has 0 unspecified atom stereocenters. The number of rotatable bonds is 15. The number of carboxylic acid groups (broad SMARTS) is 1. The minimum Gasteiger partial charge on any atom is -0.550 e. The van der Waals surface area contributed by atoms with E-state index >= 15 is 0 Å². The molecular weight excluding hydrogens is 294 g/mol. The average Bonchev–Trinajstić information content (AvgIpc) is 2.48.